The van der Waals surface area contributed by atoms with E-state index in [0.717, 1.165) is 0 Å². The zero-order valence-electron chi connectivity index (χ0n) is 13.1. The van der Waals surface area contributed by atoms with Crippen LogP contribution in [0.5, 0.6) is 0 Å². The van der Waals surface area contributed by atoms with Gasteiger partial charge in [-0.3, -0.25) is 9.59 Å². The monoisotopic (exact) mass is 352 g/mol. The van der Waals surface area contributed by atoms with Crippen LogP contribution in [0.3, 0.4) is 0 Å². The summed E-state index contributed by atoms with van der Waals surface area (Å²) in [7, 11) is -3.70. The van der Waals surface area contributed by atoms with Gasteiger partial charge < -0.3 is 10.4 Å². The molecule has 8 heteroatoms. The summed E-state index contributed by atoms with van der Waals surface area (Å²) < 4.78 is 26.7. The van der Waals surface area contributed by atoms with Gasteiger partial charge in [0.15, 0.2) is 0 Å². The first-order valence-corrected chi connectivity index (χ1v) is 9.43. The number of aliphatic carboxylic acids is 1. The van der Waals surface area contributed by atoms with E-state index in [2.05, 4.69) is 5.32 Å². The van der Waals surface area contributed by atoms with E-state index in [4.69, 9.17) is 5.11 Å². The molecule has 3 rings (SSSR count). The van der Waals surface area contributed by atoms with Crippen LogP contribution >= 0.6 is 0 Å². The van der Waals surface area contributed by atoms with Crippen molar-refractivity contribution in [3.8, 4) is 0 Å². The van der Waals surface area contributed by atoms with Gasteiger partial charge in [0.05, 0.1) is 10.8 Å². The topological polar surface area (TPSA) is 104 Å². The van der Waals surface area contributed by atoms with Crippen molar-refractivity contribution in [2.75, 3.05) is 6.54 Å². The van der Waals surface area contributed by atoms with Crippen LogP contribution in [0, 0.1) is 5.92 Å². The molecule has 1 saturated heterocycles. The fourth-order valence-electron chi connectivity index (χ4n) is 3.25. The minimum atomic E-state index is -3.70. The molecule has 0 spiro atoms. The van der Waals surface area contributed by atoms with Gasteiger partial charge in [-0.1, -0.05) is 18.2 Å². The number of nitrogens with zero attached hydrogens (tertiary/aromatic N) is 1. The third-order valence-electron chi connectivity index (χ3n) is 4.69. The van der Waals surface area contributed by atoms with Crippen LogP contribution in [0.4, 0.5) is 0 Å². The van der Waals surface area contributed by atoms with Crippen molar-refractivity contribution in [1.29, 1.82) is 0 Å². The van der Waals surface area contributed by atoms with Gasteiger partial charge in [-0.2, -0.15) is 4.31 Å². The molecule has 2 aliphatic rings. The van der Waals surface area contributed by atoms with E-state index in [1.165, 1.54) is 16.4 Å². The molecule has 1 aliphatic carbocycles. The minimum absolute atomic E-state index is 0.180. The maximum atomic E-state index is 12.7. The van der Waals surface area contributed by atoms with Gasteiger partial charge in [-0.15, -0.1) is 0 Å². The standard InChI is InChI=1S/C16H20N2O5S/c19-15(17-12-9-11(10-12)16(20)21)14-7-4-8-18(14)24(22,23)13-5-2-1-3-6-13/h1-3,5-6,11-12,14H,4,7-10H2,(H,17,19)(H,20,21). The van der Waals surface area contributed by atoms with Crippen molar-refractivity contribution in [2.24, 2.45) is 5.92 Å². The van der Waals surface area contributed by atoms with Crippen LogP contribution in [0.1, 0.15) is 25.7 Å². The number of carbonyl (C=O) groups excluding carboxylic acids is 1. The number of rotatable bonds is 5. The molecule has 1 saturated carbocycles. The molecule has 1 aliphatic heterocycles. The lowest BCUT2D eigenvalue weighted by molar-refractivity contribution is -0.146. The predicted octanol–water partition coefficient (Wildman–Crippen LogP) is 0.819. The van der Waals surface area contributed by atoms with E-state index >= 15 is 0 Å². The van der Waals surface area contributed by atoms with Crippen LogP contribution < -0.4 is 5.32 Å². The van der Waals surface area contributed by atoms with Crippen molar-refractivity contribution < 1.29 is 23.1 Å². The Morgan fingerprint density at radius 3 is 2.46 bits per heavy atom. The average molecular weight is 352 g/mol. The average Bonchev–Trinajstić information content (AvgIpc) is 3.01. The Bertz CT molecular complexity index is 728. The molecule has 24 heavy (non-hydrogen) atoms. The quantitative estimate of drug-likeness (QED) is 0.816. The van der Waals surface area contributed by atoms with Crippen molar-refractivity contribution in [3.63, 3.8) is 0 Å². The lowest BCUT2D eigenvalue weighted by Gasteiger charge is -2.34. The number of benzene rings is 1. The molecule has 130 valence electrons. The van der Waals surface area contributed by atoms with Crippen molar-refractivity contribution in [3.05, 3.63) is 30.3 Å². The van der Waals surface area contributed by atoms with Gasteiger partial charge >= 0.3 is 5.97 Å². The molecule has 0 bridgehead atoms. The molecule has 7 nitrogen and oxygen atoms in total. The summed E-state index contributed by atoms with van der Waals surface area (Å²) in [5.74, 6) is -1.60. The first-order valence-electron chi connectivity index (χ1n) is 7.99. The molecule has 1 aromatic carbocycles. The highest BCUT2D eigenvalue weighted by molar-refractivity contribution is 7.89. The lowest BCUT2D eigenvalue weighted by atomic mass is 9.80. The number of carboxylic acid groups (broad SMARTS) is 1. The second-order valence-corrected chi connectivity index (χ2v) is 8.19. The molecular formula is C16H20N2O5S. The van der Waals surface area contributed by atoms with Crippen molar-refractivity contribution in [2.45, 2.75) is 42.7 Å². The molecule has 1 amide bonds. The van der Waals surface area contributed by atoms with Gasteiger partial charge in [-0.05, 0) is 37.8 Å². The third kappa shape index (κ3) is 3.16. The fraction of sp³-hybridized carbons (Fsp3) is 0.500. The van der Waals surface area contributed by atoms with E-state index in [9.17, 15) is 18.0 Å². The zero-order valence-corrected chi connectivity index (χ0v) is 13.9. The largest absolute Gasteiger partial charge is 0.481 e. The highest BCUT2D eigenvalue weighted by atomic mass is 32.2. The second kappa shape index (κ2) is 6.52. The number of hydrogen-bond donors (Lipinski definition) is 2. The van der Waals surface area contributed by atoms with Crippen LogP contribution in [-0.4, -0.2) is 48.3 Å². The van der Waals surface area contributed by atoms with Crippen LogP contribution in [0.25, 0.3) is 0 Å². The van der Waals surface area contributed by atoms with E-state index < -0.39 is 28.0 Å². The van der Waals surface area contributed by atoms with E-state index in [0.29, 0.717) is 32.2 Å². The summed E-state index contributed by atoms with van der Waals surface area (Å²) >= 11 is 0. The first-order chi connectivity index (χ1) is 11.4. The molecule has 1 heterocycles. The third-order valence-corrected chi connectivity index (χ3v) is 6.61. The number of hydrogen-bond acceptors (Lipinski definition) is 4. The lowest BCUT2D eigenvalue weighted by Crippen LogP contribution is -2.53. The highest BCUT2D eigenvalue weighted by Crippen LogP contribution is 2.30. The predicted molar refractivity (Wildman–Crippen MR) is 85.6 cm³/mol. The molecule has 1 aromatic rings. The molecule has 1 atom stereocenters. The Hall–Kier alpha value is -1.93. The maximum absolute atomic E-state index is 12.7. The number of carboxylic acids is 1. The van der Waals surface area contributed by atoms with Crippen LogP contribution in [-0.2, 0) is 19.6 Å². The van der Waals surface area contributed by atoms with Crippen LogP contribution in [0.15, 0.2) is 35.2 Å². The SMILES string of the molecule is O=C(O)C1CC(NC(=O)C2CCCN2S(=O)(=O)c2ccccc2)C1. The Labute approximate surface area is 140 Å². The Kier molecular flexibility index (Phi) is 4.60. The highest BCUT2D eigenvalue weighted by Gasteiger charge is 2.42. The Morgan fingerprint density at radius 1 is 1.17 bits per heavy atom. The summed E-state index contributed by atoms with van der Waals surface area (Å²) in [6, 6.07) is 7.18. The van der Waals surface area contributed by atoms with Crippen LogP contribution in [0.2, 0.25) is 0 Å². The number of sulfonamides is 1. The zero-order chi connectivity index (χ0) is 17.3. The van der Waals surface area contributed by atoms with Gasteiger partial charge in [-0.25, -0.2) is 8.42 Å². The molecule has 2 N–H and O–H groups in total. The normalized spacial score (nSPS) is 27.4. The first kappa shape index (κ1) is 16.9. The minimum Gasteiger partial charge on any atom is -0.481 e. The van der Waals surface area contributed by atoms with Crippen molar-refractivity contribution >= 4 is 21.9 Å². The number of amides is 1. The summed E-state index contributed by atoms with van der Waals surface area (Å²) in [5.41, 5.74) is 0. The van der Waals surface area contributed by atoms with E-state index in [-0.39, 0.29) is 16.8 Å². The summed E-state index contributed by atoms with van der Waals surface area (Å²) in [4.78, 5) is 23.4. The summed E-state index contributed by atoms with van der Waals surface area (Å²) in [5, 5.41) is 11.7. The summed E-state index contributed by atoms with van der Waals surface area (Å²) in [6.07, 6.45) is 1.91. The van der Waals surface area contributed by atoms with Gasteiger partial charge in [0, 0.05) is 12.6 Å². The second-order valence-electron chi connectivity index (χ2n) is 6.30. The molecule has 1 unspecified atom stereocenters. The van der Waals surface area contributed by atoms with E-state index in [1.807, 2.05) is 0 Å². The fourth-order valence-corrected chi connectivity index (χ4v) is 4.93. The molecule has 0 radical (unpaired) electrons. The van der Waals surface area contributed by atoms with E-state index in [1.54, 1.807) is 18.2 Å². The smallest absolute Gasteiger partial charge is 0.306 e. The molecular weight excluding hydrogens is 332 g/mol. The number of nitrogens with one attached hydrogen (secondary N) is 1. The Morgan fingerprint density at radius 2 is 1.83 bits per heavy atom. The van der Waals surface area contributed by atoms with Gasteiger partial charge in [0.25, 0.3) is 0 Å². The summed E-state index contributed by atoms with van der Waals surface area (Å²) in [6.45, 7) is 0.317. The Balaban J connectivity index is 1.67. The molecule has 2 fully saturated rings. The van der Waals surface area contributed by atoms with Crippen molar-refractivity contribution in [1.82, 2.24) is 9.62 Å². The number of carbonyl (C=O) groups is 2. The molecule has 0 aromatic heterocycles. The van der Waals surface area contributed by atoms with Gasteiger partial charge in [0.1, 0.15) is 6.04 Å². The maximum Gasteiger partial charge on any atom is 0.306 e. The van der Waals surface area contributed by atoms with Gasteiger partial charge in [0.2, 0.25) is 15.9 Å².